The van der Waals surface area contributed by atoms with Crippen molar-refractivity contribution in [2.75, 3.05) is 6.54 Å². The van der Waals surface area contributed by atoms with Crippen molar-refractivity contribution in [1.82, 2.24) is 10.3 Å². The molecular formula is C15H26N2. The SMILES string of the molecule is CCCNC(c1ccc(C)nc1)C(C)(C)CC. The molecule has 1 N–H and O–H groups in total. The predicted molar refractivity (Wildman–Crippen MR) is 74.1 cm³/mol. The van der Waals surface area contributed by atoms with Gasteiger partial charge in [0.05, 0.1) is 0 Å². The highest BCUT2D eigenvalue weighted by Gasteiger charge is 2.28. The van der Waals surface area contributed by atoms with Crippen LogP contribution in [0.5, 0.6) is 0 Å². The Balaban J connectivity index is 2.93. The standard InChI is InChI=1S/C15H26N2/c1-6-10-16-14(15(4,5)7-2)13-9-8-12(3)17-11-13/h8-9,11,14,16H,6-7,10H2,1-5H3. The second kappa shape index (κ2) is 6.15. The predicted octanol–water partition coefficient (Wildman–Crippen LogP) is 3.87. The first kappa shape index (κ1) is 14.2. The molecule has 0 saturated carbocycles. The third-order valence-corrected chi connectivity index (χ3v) is 3.56. The van der Waals surface area contributed by atoms with Gasteiger partial charge in [-0.3, -0.25) is 4.98 Å². The van der Waals surface area contributed by atoms with Crippen molar-refractivity contribution in [3.63, 3.8) is 0 Å². The second-order valence-corrected chi connectivity index (χ2v) is 5.46. The Morgan fingerprint density at radius 3 is 2.47 bits per heavy atom. The maximum absolute atomic E-state index is 4.42. The van der Waals surface area contributed by atoms with Gasteiger partial charge in [-0.1, -0.05) is 33.8 Å². The Morgan fingerprint density at radius 1 is 1.29 bits per heavy atom. The summed E-state index contributed by atoms with van der Waals surface area (Å²) in [6.45, 7) is 12.2. The summed E-state index contributed by atoms with van der Waals surface area (Å²) in [6, 6.07) is 4.69. The zero-order valence-electron chi connectivity index (χ0n) is 11.9. The van der Waals surface area contributed by atoms with E-state index >= 15 is 0 Å². The van der Waals surface area contributed by atoms with Crippen LogP contribution in [0.3, 0.4) is 0 Å². The molecule has 2 nitrogen and oxygen atoms in total. The molecule has 0 aliphatic carbocycles. The Hall–Kier alpha value is -0.890. The molecule has 0 saturated heterocycles. The number of hydrogen-bond donors (Lipinski definition) is 1. The third-order valence-electron chi connectivity index (χ3n) is 3.56. The average molecular weight is 234 g/mol. The van der Waals surface area contributed by atoms with Gasteiger partial charge in [0.1, 0.15) is 0 Å². The molecule has 96 valence electrons. The third kappa shape index (κ3) is 3.81. The second-order valence-electron chi connectivity index (χ2n) is 5.46. The van der Waals surface area contributed by atoms with Crippen LogP contribution in [-0.2, 0) is 0 Å². The van der Waals surface area contributed by atoms with Gasteiger partial charge < -0.3 is 5.32 Å². The number of pyridine rings is 1. The van der Waals surface area contributed by atoms with E-state index < -0.39 is 0 Å². The minimum absolute atomic E-state index is 0.256. The van der Waals surface area contributed by atoms with Crippen LogP contribution < -0.4 is 5.32 Å². The van der Waals surface area contributed by atoms with Crippen molar-refractivity contribution in [2.45, 2.75) is 53.5 Å². The van der Waals surface area contributed by atoms with Gasteiger partial charge in [0.15, 0.2) is 0 Å². The molecule has 1 rings (SSSR count). The van der Waals surface area contributed by atoms with Crippen LogP contribution in [-0.4, -0.2) is 11.5 Å². The molecular weight excluding hydrogens is 208 g/mol. The van der Waals surface area contributed by atoms with Crippen LogP contribution in [0.4, 0.5) is 0 Å². The molecule has 0 aliphatic heterocycles. The van der Waals surface area contributed by atoms with E-state index in [0.29, 0.717) is 6.04 Å². The summed E-state index contributed by atoms with van der Waals surface area (Å²) in [5, 5.41) is 3.66. The topological polar surface area (TPSA) is 24.9 Å². The van der Waals surface area contributed by atoms with Crippen molar-refractivity contribution in [2.24, 2.45) is 5.41 Å². The van der Waals surface area contributed by atoms with E-state index in [2.05, 4.69) is 50.1 Å². The Kier molecular flexibility index (Phi) is 5.13. The first-order chi connectivity index (χ1) is 8.01. The summed E-state index contributed by atoms with van der Waals surface area (Å²) in [4.78, 5) is 4.42. The van der Waals surface area contributed by atoms with Crippen LogP contribution in [0.1, 0.15) is 57.8 Å². The van der Waals surface area contributed by atoms with E-state index in [1.807, 2.05) is 13.1 Å². The number of hydrogen-bond acceptors (Lipinski definition) is 2. The summed E-state index contributed by atoms with van der Waals surface area (Å²) in [5.41, 5.74) is 2.64. The minimum Gasteiger partial charge on any atom is -0.309 e. The Bertz CT molecular complexity index is 327. The van der Waals surface area contributed by atoms with Crippen molar-refractivity contribution >= 4 is 0 Å². The zero-order valence-corrected chi connectivity index (χ0v) is 11.9. The largest absolute Gasteiger partial charge is 0.309 e. The van der Waals surface area contributed by atoms with Crippen molar-refractivity contribution in [3.8, 4) is 0 Å². The maximum Gasteiger partial charge on any atom is 0.0387 e. The minimum atomic E-state index is 0.256. The van der Waals surface area contributed by atoms with E-state index in [9.17, 15) is 0 Å². The lowest BCUT2D eigenvalue weighted by molar-refractivity contribution is 0.234. The van der Waals surface area contributed by atoms with Crippen molar-refractivity contribution in [1.29, 1.82) is 0 Å². The molecule has 1 heterocycles. The highest BCUT2D eigenvalue weighted by Crippen LogP contribution is 2.35. The van der Waals surface area contributed by atoms with Gasteiger partial charge in [-0.2, -0.15) is 0 Å². The number of rotatable bonds is 6. The lowest BCUT2D eigenvalue weighted by Gasteiger charge is -2.34. The monoisotopic (exact) mass is 234 g/mol. The molecule has 0 radical (unpaired) electrons. The molecule has 0 aliphatic rings. The molecule has 1 unspecified atom stereocenters. The van der Waals surface area contributed by atoms with Crippen LogP contribution in [0.25, 0.3) is 0 Å². The highest BCUT2D eigenvalue weighted by molar-refractivity contribution is 5.19. The van der Waals surface area contributed by atoms with Crippen LogP contribution in [0, 0.1) is 12.3 Å². The van der Waals surface area contributed by atoms with Gasteiger partial charge in [-0.25, -0.2) is 0 Å². The number of nitrogens with zero attached hydrogens (tertiary/aromatic N) is 1. The number of aromatic nitrogens is 1. The number of aryl methyl sites for hydroxylation is 1. The fourth-order valence-electron chi connectivity index (χ4n) is 1.99. The average Bonchev–Trinajstić information content (AvgIpc) is 2.31. The van der Waals surface area contributed by atoms with Crippen LogP contribution in [0.2, 0.25) is 0 Å². The lowest BCUT2D eigenvalue weighted by atomic mass is 9.78. The first-order valence-corrected chi connectivity index (χ1v) is 6.67. The Morgan fingerprint density at radius 2 is 2.00 bits per heavy atom. The summed E-state index contributed by atoms with van der Waals surface area (Å²) >= 11 is 0. The summed E-state index contributed by atoms with van der Waals surface area (Å²) in [7, 11) is 0. The van der Waals surface area contributed by atoms with Crippen molar-refractivity contribution < 1.29 is 0 Å². The summed E-state index contributed by atoms with van der Waals surface area (Å²) < 4.78 is 0. The molecule has 0 bridgehead atoms. The molecule has 0 aromatic carbocycles. The maximum atomic E-state index is 4.42. The molecule has 17 heavy (non-hydrogen) atoms. The molecule has 0 spiro atoms. The van der Waals surface area contributed by atoms with E-state index in [-0.39, 0.29) is 5.41 Å². The smallest absolute Gasteiger partial charge is 0.0387 e. The van der Waals surface area contributed by atoms with E-state index in [0.717, 1.165) is 25.1 Å². The molecule has 0 amide bonds. The van der Waals surface area contributed by atoms with Gasteiger partial charge >= 0.3 is 0 Å². The zero-order chi connectivity index (χ0) is 12.9. The van der Waals surface area contributed by atoms with Crippen LogP contribution >= 0.6 is 0 Å². The number of nitrogens with one attached hydrogen (secondary N) is 1. The molecule has 2 heteroatoms. The fraction of sp³-hybridized carbons (Fsp3) is 0.667. The molecule has 1 aromatic heterocycles. The molecule has 1 aromatic rings. The van der Waals surface area contributed by atoms with Gasteiger partial charge in [-0.05, 0) is 43.4 Å². The van der Waals surface area contributed by atoms with E-state index in [1.165, 1.54) is 5.56 Å². The van der Waals surface area contributed by atoms with E-state index in [4.69, 9.17) is 0 Å². The summed E-state index contributed by atoms with van der Waals surface area (Å²) in [5.74, 6) is 0. The quantitative estimate of drug-likeness (QED) is 0.808. The lowest BCUT2D eigenvalue weighted by Crippen LogP contribution is -2.34. The van der Waals surface area contributed by atoms with Crippen molar-refractivity contribution in [3.05, 3.63) is 29.6 Å². The van der Waals surface area contributed by atoms with Crippen LogP contribution in [0.15, 0.2) is 18.3 Å². The highest BCUT2D eigenvalue weighted by atomic mass is 14.9. The molecule has 0 fully saturated rings. The normalized spacial score (nSPS) is 13.7. The van der Waals surface area contributed by atoms with Gasteiger partial charge in [0.25, 0.3) is 0 Å². The Labute approximate surface area is 106 Å². The summed E-state index contributed by atoms with van der Waals surface area (Å²) in [6.07, 6.45) is 4.33. The van der Waals surface area contributed by atoms with Gasteiger partial charge in [0.2, 0.25) is 0 Å². The fourth-order valence-corrected chi connectivity index (χ4v) is 1.99. The van der Waals surface area contributed by atoms with Gasteiger partial charge in [-0.15, -0.1) is 0 Å². The van der Waals surface area contributed by atoms with E-state index in [1.54, 1.807) is 0 Å². The first-order valence-electron chi connectivity index (χ1n) is 6.67. The molecule has 1 atom stereocenters. The van der Waals surface area contributed by atoms with Gasteiger partial charge in [0, 0.05) is 17.9 Å².